The van der Waals surface area contributed by atoms with Gasteiger partial charge >= 0.3 is 6.18 Å². The normalized spacial score (nSPS) is 11.6. The Labute approximate surface area is 150 Å². The molecule has 0 aliphatic carbocycles. The maximum Gasteiger partial charge on any atom is 0.416 e. The lowest BCUT2D eigenvalue weighted by molar-refractivity contribution is -0.137. The molecule has 0 bridgehead atoms. The molecular formula is C19H21F3N2O2. The average molecular weight is 366 g/mol. The quantitative estimate of drug-likeness (QED) is 0.755. The number of anilines is 1. The number of rotatable bonds is 8. The minimum atomic E-state index is -4.40. The third-order valence-electron chi connectivity index (χ3n) is 3.84. The van der Waals surface area contributed by atoms with Crippen molar-refractivity contribution in [3.8, 4) is 0 Å². The maximum absolute atomic E-state index is 12.5. The number of aliphatic hydroxyl groups excluding tert-OH is 1. The zero-order valence-electron chi connectivity index (χ0n) is 14.2. The van der Waals surface area contributed by atoms with Gasteiger partial charge in [-0.1, -0.05) is 30.3 Å². The number of carbonyl (C=O) groups excluding carboxylic acids is 1. The van der Waals surface area contributed by atoms with Crippen LogP contribution in [0.1, 0.15) is 11.1 Å². The number of alkyl halides is 3. The second-order valence-electron chi connectivity index (χ2n) is 5.86. The molecule has 140 valence electrons. The van der Waals surface area contributed by atoms with E-state index in [1.54, 1.807) is 4.90 Å². The molecule has 2 rings (SSSR count). The average Bonchev–Trinajstić information content (AvgIpc) is 2.60. The number of aliphatic hydroxyl groups is 1. The fraction of sp³-hybridized carbons (Fsp3) is 0.316. The molecule has 0 saturated carbocycles. The summed E-state index contributed by atoms with van der Waals surface area (Å²) in [6.07, 6.45) is -3.67. The molecule has 0 aromatic heterocycles. The molecule has 0 heterocycles. The summed E-state index contributed by atoms with van der Waals surface area (Å²) in [4.78, 5) is 13.9. The van der Waals surface area contributed by atoms with Crippen molar-refractivity contribution in [1.82, 2.24) is 4.90 Å². The van der Waals surface area contributed by atoms with E-state index in [1.165, 1.54) is 12.1 Å². The van der Waals surface area contributed by atoms with Gasteiger partial charge in [0.05, 0.1) is 18.7 Å². The van der Waals surface area contributed by atoms with Gasteiger partial charge in [0.1, 0.15) is 0 Å². The Morgan fingerprint density at radius 3 is 2.23 bits per heavy atom. The van der Waals surface area contributed by atoms with Crippen LogP contribution in [0.25, 0.3) is 0 Å². The summed E-state index contributed by atoms with van der Waals surface area (Å²) in [5.41, 5.74) is 0.661. The number of carbonyl (C=O) groups is 1. The Kier molecular flexibility index (Phi) is 7.17. The molecule has 7 heteroatoms. The third-order valence-corrected chi connectivity index (χ3v) is 3.84. The molecule has 4 nitrogen and oxygen atoms in total. The van der Waals surface area contributed by atoms with Crippen LogP contribution in [0.4, 0.5) is 18.9 Å². The minimum Gasteiger partial charge on any atom is -0.395 e. The summed E-state index contributed by atoms with van der Waals surface area (Å²) in [6, 6.07) is 14.1. The summed E-state index contributed by atoms with van der Waals surface area (Å²) >= 11 is 0. The molecule has 0 atom stereocenters. The van der Waals surface area contributed by atoms with Crippen molar-refractivity contribution < 1.29 is 23.1 Å². The predicted molar refractivity (Wildman–Crippen MR) is 93.7 cm³/mol. The topological polar surface area (TPSA) is 52.6 Å². The largest absolute Gasteiger partial charge is 0.416 e. The van der Waals surface area contributed by atoms with Crippen LogP contribution in [0, 0.1) is 0 Å². The Morgan fingerprint density at radius 1 is 1.00 bits per heavy atom. The molecule has 0 aliphatic heterocycles. The standard InChI is InChI=1S/C19H21F3N2O2/c20-19(21,22)16-6-8-17(9-7-16)23-18(26)14-24(12-13-25)11-10-15-4-2-1-3-5-15/h1-9,25H,10-14H2,(H,23,26). The van der Waals surface area contributed by atoms with Crippen LogP contribution >= 0.6 is 0 Å². The van der Waals surface area contributed by atoms with Gasteiger partial charge in [-0.15, -0.1) is 0 Å². The highest BCUT2D eigenvalue weighted by Gasteiger charge is 2.30. The molecule has 2 aromatic rings. The molecule has 0 saturated heterocycles. The molecule has 2 aromatic carbocycles. The number of hydrogen-bond acceptors (Lipinski definition) is 3. The minimum absolute atomic E-state index is 0.0500. The first-order valence-electron chi connectivity index (χ1n) is 8.23. The van der Waals surface area contributed by atoms with Crippen molar-refractivity contribution in [1.29, 1.82) is 0 Å². The Balaban J connectivity index is 1.88. The highest BCUT2D eigenvalue weighted by Crippen LogP contribution is 2.29. The number of halogens is 3. The molecule has 0 radical (unpaired) electrons. The zero-order valence-corrected chi connectivity index (χ0v) is 14.2. The molecule has 0 fully saturated rings. The molecule has 1 amide bonds. The van der Waals surface area contributed by atoms with Crippen LogP contribution in [0.5, 0.6) is 0 Å². The zero-order chi connectivity index (χ0) is 19.0. The van der Waals surface area contributed by atoms with E-state index >= 15 is 0 Å². The molecule has 0 aliphatic rings. The molecule has 26 heavy (non-hydrogen) atoms. The van der Waals surface area contributed by atoms with Gasteiger partial charge in [-0.25, -0.2) is 0 Å². The lowest BCUT2D eigenvalue weighted by Gasteiger charge is -2.20. The van der Waals surface area contributed by atoms with E-state index < -0.39 is 11.7 Å². The van der Waals surface area contributed by atoms with E-state index in [9.17, 15) is 18.0 Å². The number of amides is 1. The van der Waals surface area contributed by atoms with E-state index in [2.05, 4.69) is 5.32 Å². The molecule has 0 unspecified atom stereocenters. The van der Waals surface area contributed by atoms with Crippen LogP contribution in [-0.4, -0.2) is 42.2 Å². The van der Waals surface area contributed by atoms with Crippen LogP contribution in [-0.2, 0) is 17.4 Å². The second-order valence-corrected chi connectivity index (χ2v) is 5.86. The van der Waals surface area contributed by atoms with E-state index in [1.807, 2.05) is 30.3 Å². The monoisotopic (exact) mass is 366 g/mol. The number of nitrogens with zero attached hydrogens (tertiary/aromatic N) is 1. The summed E-state index contributed by atoms with van der Waals surface area (Å²) in [5, 5.41) is 11.7. The summed E-state index contributed by atoms with van der Waals surface area (Å²) in [5.74, 6) is -0.341. The Bertz CT molecular complexity index is 688. The first kappa shape index (κ1) is 19.9. The predicted octanol–water partition coefficient (Wildman–Crippen LogP) is 3.18. The van der Waals surface area contributed by atoms with Gasteiger partial charge in [0.2, 0.25) is 5.91 Å². The number of hydrogen-bond donors (Lipinski definition) is 2. The molecular weight excluding hydrogens is 345 g/mol. The van der Waals surface area contributed by atoms with Crippen LogP contribution in [0.3, 0.4) is 0 Å². The lowest BCUT2D eigenvalue weighted by atomic mass is 10.1. The summed E-state index contributed by atoms with van der Waals surface area (Å²) < 4.78 is 37.6. The van der Waals surface area contributed by atoms with Gasteiger partial charge in [0.15, 0.2) is 0 Å². The van der Waals surface area contributed by atoms with Crippen molar-refractivity contribution in [3.63, 3.8) is 0 Å². The fourth-order valence-corrected chi connectivity index (χ4v) is 2.49. The van der Waals surface area contributed by atoms with Gasteiger partial charge in [0.25, 0.3) is 0 Å². The van der Waals surface area contributed by atoms with Crippen LogP contribution < -0.4 is 5.32 Å². The first-order chi connectivity index (χ1) is 12.4. The van der Waals surface area contributed by atoms with E-state index in [0.717, 1.165) is 24.1 Å². The summed E-state index contributed by atoms with van der Waals surface area (Å²) in [6.45, 7) is 0.898. The second kappa shape index (κ2) is 9.35. The van der Waals surface area contributed by atoms with E-state index in [-0.39, 0.29) is 19.1 Å². The van der Waals surface area contributed by atoms with E-state index in [0.29, 0.717) is 18.8 Å². The van der Waals surface area contributed by atoms with Gasteiger partial charge < -0.3 is 10.4 Å². The first-order valence-corrected chi connectivity index (χ1v) is 8.23. The van der Waals surface area contributed by atoms with Crippen LogP contribution in [0.15, 0.2) is 54.6 Å². The summed E-state index contributed by atoms with van der Waals surface area (Å²) in [7, 11) is 0. The van der Waals surface area contributed by atoms with Crippen molar-refractivity contribution >= 4 is 11.6 Å². The highest BCUT2D eigenvalue weighted by atomic mass is 19.4. The van der Waals surface area contributed by atoms with Gasteiger partial charge in [0, 0.05) is 18.8 Å². The number of benzene rings is 2. The highest BCUT2D eigenvalue weighted by molar-refractivity contribution is 5.92. The van der Waals surface area contributed by atoms with E-state index in [4.69, 9.17) is 5.11 Å². The molecule has 2 N–H and O–H groups in total. The van der Waals surface area contributed by atoms with Gasteiger partial charge in [-0.3, -0.25) is 9.69 Å². The third kappa shape index (κ3) is 6.50. The molecule has 0 spiro atoms. The van der Waals surface area contributed by atoms with Crippen molar-refractivity contribution in [3.05, 3.63) is 65.7 Å². The Morgan fingerprint density at radius 2 is 1.65 bits per heavy atom. The van der Waals surface area contributed by atoms with Crippen molar-refractivity contribution in [2.75, 3.05) is 31.6 Å². The maximum atomic E-state index is 12.5. The van der Waals surface area contributed by atoms with Gasteiger partial charge in [-0.05, 0) is 36.2 Å². The van der Waals surface area contributed by atoms with Crippen LogP contribution in [0.2, 0.25) is 0 Å². The Hall–Kier alpha value is -2.38. The SMILES string of the molecule is O=C(CN(CCO)CCc1ccccc1)Nc1ccc(C(F)(F)F)cc1. The smallest absolute Gasteiger partial charge is 0.395 e. The number of nitrogens with one attached hydrogen (secondary N) is 1. The fourth-order valence-electron chi connectivity index (χ4n) is 2.49. The van der Waals surface area contributed by atoms with Crippen molar-refractivity contribution in [2.45, 2.75) is 12.6 Å². The lowest BCUT2D eigenvalue weighted by Crippen LogP contribution is -2.36. The van der Waals surface area contributed by atoms with Gasteiger partial charge in [-0.2, -0.15) is 13.2 Å². The van der Waals surface area contributed by atoms with Crippen molar-refractivity contribution in [2.24, 2.45) is 0 Å².